The lowest BCUT2D eigenvalue weighted by atomic mass is 9.88. The Morgan fingerprint density at radius 3 is 2.35 bits per heavy atom. The molecule has 5 nitrogen and oxygen atoms in total. The van der Waals surface area contributed by atoms with Gasteiger partial charge in [0.05, 0.1) is 21.4 Å². The van der Waals surface area contributed by atoms with E-state index in [4.69, 9.17) is 5.73 Å². The Labute approximate surface area is 168 Å². The number of thioether (sulfide) groups is 1. The second-order valence-electron chi connectivity index (χ2n) is 6.79. The third-order valence-corrected chi connectivity index (χ3v) is 7.72. The van der Waals surface area contributed by atoms with Crippen LogP contribution in [0.5, 0.6) is 0 Å². The van der Waals surface area contributed by atoms with E-state index in [-0.39, 0.29) is 30.0 Å². The van der Waals surface area contributed by atoms with E-state index in [0.717, 1.165) is 0 Å². The third-order valence-electron chi connectivity index (χ3n) is 4.44. The smallest absolute Gasteiger partial charge is 0.233 e. The van der Waals surface area contributed by atoms with Crippen LogP contribution < -0.4 is 11.1 Å². The Kier molecular flexibility index (Phi) is 10.2. The summed E-state index contributed by atoms with van der Waals surface area (Å²) in [6.45, 7) is 9.90. The molecule has 0 radical (unpaired) electrons. The van der Waals surface area contributed by atoms with Crippen molar-refractivity contribution in [2.24, 2.45) is 11.7 Å². The predicted molar refractivity (Wildman–Crippen MR) is 112 cm³/mol. The van der Waals surface area contributed by atoms with Crippen LogP contribution in [0.3, 0.4) is 0 Å². The van der Waals surface area contributed by atoms with Gasteiger partial charge < -0.3 is 11.1 Å². The van der Waals surface area contributed by atoms with Gasteiger partial charge in [-0.2, -0.15) is 0 Å². The minimum Gasteiger partial charge on any atom is -0.348 e. The average Bonchev–Trinajstić information content (AvgIpc) is 2.54. The van der Waals surface area contributed by atoms with Crippen LogP contribution in [-0.2, 0) is 14.6 Å². The summed E-state index contributed by atoms with van der Waals surface area (Å²) in [5.41, 5.74) is 5.34. The van der Waals surface area contributed by atoms with E-state index in [1.54, 1.807) is 31.2 Å². The molecule has 3 N–H and O–H groups in total. The Balaban J connectivity index is 0.00000625. The summed E-state index contributed by atoms with van der Waals surface area (Å²) in [5, 5.41) is 2.58. The zero-order valence-corrected chi connectivity index (χ0v) is 18.6. The van der Waals surface area contributed by atoms with Crippen molar-refractivity contribution in [2.45, 2.75) is 61.6 Å². The normalized spacial score (nSPS) is 15.0. The van der Waals surface area contributed by atoms with Crippen LogP contribution in [0, 0.1) is 5.92 Å². The predicted octanol–water partition coefficient (Wildman–Crippen LogP) is 3.26. The first-order chi connectivity index (χ1) is 11.6. The van der Waals surface area contributed by atoms with E-state index < -0.39 is 20.6 Å². The number of halogens is 1. The Morgan fingerprint density at radius 1 is 1.27 bits per heavy atom. The summed E-state index contributed by atoms with van der Waals surface area (Å²) in [7, 11) is -3.34. The lowest BCUT2D eigenvalue weighted by Gasteiger charge is -2.34. The van der Waals surface area contributed by atoms with Gasteiger partial charge in [-0.3, -0.25) is 4.79 Å². The van der Waals surface area contributed by atoms with Gasteiger partial charge in [0.15, 0.2) is 9.84 Å². The lowest BCUT2D eigenvalue weighted by Crippen LogP contribution is -2.56. The van der Waals surface area contributed by atoms with Gasteiger partial charge in [-0.1, -0.05) is 32.9 Å². The second kappa shape index (κ2) is 10.5. The van der Waals surface area contributed by atoms with Gasteiger partial charge in [-0.05, 0) is 38.3 Å². The number of rotatable bonds is 9. The van der Waals surface area contributed by atoms with Crippen LogP contribution in [0.1, 0.15) is 41.0 Å². The van der Waals surface area contributed by atoms with E-state index in [0.29, 0.717) is 22.8 Å². The first-order valence-corrected chi connectivity index (χ1v) is 11.1. The molecular weight excluding hydrogens is 392 g/mol. The Bertz CT molecular complexity index is 695. The van der Waals surface area contributed by atoms with Crippen LogP contribution in [0.25, 0.3) is 0 Å². The molecule has 1 aromatic rings. The monoisotopic (exact) mass is 422 g/mol. The van der Waals surface area contributed by atoms with Crippen LogP contribution in [0.4, 0.5) is 0 Å². The molecule has 0 aliphatic rings. The molecule has 0 spiro atoms. The minimum atomic E-state index is -3.34. The molecule has 8 heteroatoms. The number of amides is 1. The van der Waals surface area contributed by atoms with Crippen molar-refractivity contribution in [1.82, 2.24) is 5.32 Å². The van der Waals surface area contributed by atoms with Gasteiger partial charge in [-0.15, -0.1) is 24.2 Å². The van der Waals surface area contributed by atoms with Gasteiger partial charge in [0.25, 0.3) is 0 Å². The maximum absolute atomic E-state index is 12.6. The molecule has 2 atom stereocenters. The molecule has 1 amide bonds. The van der Waals surface area contributed by atoms with Gasteiger partial charge in [0.1, 0.15) is 0 Å². The van der Waals surface area contributed by atoms with E-state index in [1.807, 2.05) is 27.7 Å². The summed E-state index contributed by atoms with van der Waals surface area (Å²) in [4.78, 5) is 13.5. The third kappa shape index (κ3) is 6.44. The molecule has 0 heterocycles. The van der Waals surface area contributed by atoms with Crippen LogP contribution >= 0.6 is 24.2 Å². The highest BCUT2D eigenvalue weighted by Crippen LogP contribution is 2.31. The summed E-state index contributed by atoms with van der Waals surface area (Å²) >= 11 is 1.26. The second-order valence-corrected chi connectivity index (χ2v) is 10.3. The number of sulfone groups is 1. The molecule has 26 heavy (non-hydrogen) atoms. The molecule has 1 aromatic carbocycles. The zero-order chi connectivity index (χ0) is 19.3. The summed E-state index contributed by atoms with van der Waals surface area (Å²) in [5.74, 6) is 0.147. The zero-order valence-electron chi connectivity index (χ0n) is 16.1. The highest BCUT2D eigenvalue weighted by atomic mass is 35.5. The summed E-state index contributed by atoms with van der Waals surface area (Å²) in [6, 6.07) is 6.86. The van der Waals surface area contributed by atoms with Crippen molar-refractivity contribution in [2.75, 3.05) is 12.3 Å². The Morgan fingerprint density at radius 2 is 1.85 bits per heavy atom. The molecule has 0 bridgehead atoms. The van der Waals surface area contributed by atoms with Crippen molar-refractivity contribution < 1.29 is 13.2 Å². The maximum atomic E-state index is 12.6. The molecule has 1 rings (SSSR count). The van der Waals surface area contributed by atoms with Crippen molar-refractivity contribution in [3.8, 4) is 0 Å². The van der Waals surface area contributed by atoms with Crippen LogP contribution in [0.2, 0.25) is 0 Å². The number of carbonyl (C=O) groups excluding carboxylic acids is 1. The first-order valence-electron chi connectivity index (χ1n) is 8.58. The Hall–Kier alpha value is -0.760. The molecular formula is C18H31ClN2O3S2. The summed E-state index contributed by atoms with van der Waals surface area (Å²) in [6.07, 6.45) is 0.556. The number of nitrogens with two attached hydrogens (primary N) is 1. The molecule has 2 unspecified atom stereocenters. The quantitative estimate of drug-likeness (QED) is 0.596. The first kappa shape index (κ1) is 25.2. The number of hydrogen-bond donors (Lipinski definition) is 2. The fourth-order valence-electron chi connectivity index (χ4n) is 2.24. The van der Waals surface area contributed by atoms with E-state index in [1.165, 1.54) is 11.8 Å². The van der Waals surface area contributed by atoms with Gasteiger partial charge >= 0.3 is 0 Å². The van der Waals surface area contributed by atoms with Gasteiger partial charge in [-0.25, -0.2) is 8.42 Å². The molecule has 0 fully saturated rings. The molecule has 0 aliphatic heterocycles. The minimum absolute atomic E-state index is 0. The van der Waals surface area contributed by atoms with Crippen molar-refractivity contribution >= 4 is 39.9 Å². The van der Waals surface area contributed by atoms with Crippen molar-refractivity contribution in [3.63, 3.8) is 0 Å². The molecule has 0 saturated heterocycles. The molecule has 0 saturated carbocycles. The molecule has 0 aliphatic carbocycles. The highest BCUT2D eigenvalue weighted by molar-refractivity contribution is 8.01. The fraction of sp³-hybridized carbons (Fsp3) is 0.611. The number of benzene rings is 1. The van der Waals surface area contributed by atoms with Crippen molar-refractivity contribution in [3.05, 3.63) is 24.3 Å². The van der Waals surface area contributed by atoms with Crippen LogP contribution in [-0.4, -0.2) is 37.4 Å². The maximum Gasteiger partial charge on any atom is 0.233 e. The van der Waals surface area contributed by atoms with E-state index in [9.17, 15) is 13.2 Å². The standard InChI is InChI=1S/C18H30N2O3S2.ClH/c1-6-11-25(22,23)16-10-8-7-9-15(16)24-14(4)17(21)20-18(5,12-19)13(2)3;/h7-10,13-14H,6,11-12,19H2,1-5H3,(H,20,21);1H. The van der Waals surface area contributed by atoms with Crippen LogP contribution in [0.15, 0.2) is 34.1 Å². The van der Waals surface area contributed by atoms with E-state index >= 15 is 0 Å². The molecule has 150 valence electrons. The van der Waals surface area contributed by atoms with Gasteiger partial charge in [0.2, 0.25) is 5.91 Å². The fourth-order valence-corrected chi connectivity index (χ4v) is 5.07. The number of nitrogens with one attached hydrogen (secondary N) is 1. The highest BCUT2D eigenvalue weighted by Gasteiger charge is 2.31. The van der Waals surface area contributed by atoms with Gasteiger partial charge in [0, 0.05) is 11.4 Å². The lowest BCUT2D eigenvalue weighted by molar-refractivity contribution is -0.122. The number of hydrogen-bond acceptors (Lipinski definition) is 5. The topological polar surface area (TPSA) is 89.3 Å². The number of carbonyl (C=O) groups is 1. The average molecular weight is 423 g/mol. The molecule has 0 aromatic heterocycles. The summed E-state index contributed by atoms with van der Waals surface area (Å²) < 4.78 is 24.9. The largest absolute Gasteiger partial charge is 0.348 e. The van der Waals surface area contributed by atoms with Crippen molar-refractivity contribution in [1.29, 1.82) is 0 Å². The van der Waals surface area contributed by atoms with E-state index in [2.05, 4.69) is 5.32 Å². The SMILES string of the molecule is CCCS(=O)(=O)c1ccccc1SC(C)C(=O)NC(C)(CN)C(C)C.Cl.